The van der Waals surface area contributed by atoms with Gasteiger partial charge in [0.2, 0.25) is 0 Å². The molecule has 3 nitrogen and oxygen atoms in total. The van der Waals surface area contributed by atoms with Crippen molar-refractivity contribution in [2.45, 2.75) is 25.9 Å². The van der Waals surface area contributed by atoms with Crippen LogP contribution in [-0.4, -0.2) is 24.7 Å². The van der Waals surface area contributed by atoms with Crippen molar-refractivity contribution in [3.8, 4) is 0 Å². The molecular formula is C14H20N2O. The minimum absolute atomic E-state index is 0.805. The molecule has 1 aromatic rings. The van der Waals surface area contributed by atoms with Crippen LogP contribution in [0.15, 0.2) is 18.2 Å². The molecule has 17 heavy (non-hydrogen) atoms. The zero-order valence-electron chi connectivity index (χ0n) is 10.2. The first-order valence-electron chi connectivity index (χ1n) is 6.49. The second kappa shape index (κ2) is 4.67. The van der Waals surface area contributed by atoms with Crippen LogP contribution in [0.2, 0.25) is 0 Å². The van der Waals surface area contributed by atoms with E-state index < -0.39 is 0 Å². The molecule has 1 saturated heterocycles. The van der Waals surface area contributed by atoms with E-state index in [1.807, 2.05) is 6.07 Å². The van der Waals surface area contributed by atoms with Crippen molar-refractivity contribution in [1.82, 2.24) is 4.90 Å². The number of nitrogens with two attached hydrogens (primary N) is 1. The average Bonchev–Trinajstić information content (AvgIpc) is 2.74. The quantitative estimate of drug-likeness (QED) is 0.793. The zero-order valence-corrected chi connectivity index (χ0v) is 10.2. The summed E-state index contributed by atoms with van der Waals surface area (Å²) in [4.78, 5) is 2.52. The fourth-order valence-corrected chi connectivity index (χ4v) is 2.94. The first-order valence-corrected chi connectivity index (χ1v) is 6.49. The van der Waals surface area contributed by atoms with Gasteiger partial charge in [0.15, 0.2) is 0 Å². The number of nitrogens with zero attached hydrogens (tertiary/aromatic N) is 1. The van der Waals surface area contributed by atoms with Gasteiger partial charge < -0.3 is 10.5 Å². The number of hydrogen-bond acceptors (Lipinski definition) is 3. The van der Waals surface area contributed by atoms with Crippen molar-refractivity contribution in [1.29, 1.82) is 0 Å². The summed E-state index contributed by atoms with van der Waals surface area (Å²) in [5, 5.41) is 0. The van der Waals surface area contributed by atoms with Crippen LogP contribution in [0.3, 0.4) is 0 Å². The summed E-state index contributed by atoms with van der Waals surface area (Å²) in [5.74, 6) is 0.805. The van der Waals surface area contributed by atoms with Gasteiger partial charge in [-0.25, -0.2) is 0 Å². The summed E-state index contributed by atoms with van der Waals surface area (Å²) in [7, 11) is 0. The van der Waals surface area contributed by atoms with Crippen molar-refractivity contribution in [3.05, 3.63) is 29.3 Å². The molecule has 0 spiro atoms. The number of benzene rings is 1. The summed E-state index contributed by atoms with van der Waals surface area (Å²) >= 11 is 0. The van der Waals surface area contributed by atoms with Gasteiger partial charge in [0.25, 0.3) is 0 Å². The number of nitrogen functional groups attached to an aromatic ring is 1. The molecule has 3 heteroatoms. The lowest BCUT2D eigenvalue weighted by Gasteiger charge is -2.26. The molecular weight excluding hydrogens is 212 g/mol. The molecule has 0 unspecified atom stereocenters. The molecule has 0 bridgehead atoms. The maximum absolute atomic E-state index is 6.02. The molecule has 2 aliphatic rings. The lowest BCUT2D eigenvalue weighted by atomic mass is 10.00. The molecule has 92 valence electrons. The van der Waals surface area contributed by atoms with E-state index in [0.717, 1.165) is 37.9 Å². The van der Waals surface area contributed by atoms with E-state index in [-0.39, 0.29) is 0 Å². The Hall–Kier alpha value is -1.06. The monoisotopic (exact) mass is 232 g/mol. The fraction of sp³-hybridized carbons (Fsp3) is 0.571. The molecule has 2 N–H and O–H groups in total. The Kier molecular flexibility index (Phi) is 3.04. The van der Waals surface area contributed by atoms with Gasteiger partial charge in [-0.15, -0.1) is 0 Å². The molecule has 0 radical (unpaired) electrons. The Morgan fingerprint density at radius 1 is 1.24 bits per heavy atom. The molecule has 2 heterocycles. The topological polar surface area (TPSA) is 38.5 Å². The van der Waals surface area contributed by atoms with E-state index in [1.165, 1.54) is 30.5 Å². The minimum atomic E-state index is 0.805. The summed E-state index contributed by atoms with van der Waals surface area (Å²) in [6.07, 6.45) is 2.42. The lowest BCUT2D eigenvalue weighted by Crippen LogP contribution is -2.28. The molecule has 1 fully saturated rings. The highest BCUT2D eigenvalue weighted by Crippen LogP contribution is 2.29. The largest absolute Gasteiger partial charge is 0.398 e. The molecule has 0 aromatic heterocycles. The van der Waals surface area contributed by atoms with Crippen LogP contribution in [0.5, 0.6) is 0 Å². The van der Waals surface area contributed by atoms with Crippen molar-refractivity contribution in [3.63, 3.8) is 0 Å². The third-order valence-corrected chi connectivity index (χ3v) is 3.94. The minimum Gasteiger partial charge on any atom is -0.398 e. The van der Waals surface area contributed by atoms with Crippen LogP contribution in [0.4, 0.5) is 5.69 Å². The second-order valence-electron chi connectivity index (χ2n) is 5.21. The fourth-order valence-electron chi connectivity index (χ4n) is 2.94. The molecule has 3 rings (SSSR count). The van der Waals surface area contributed by atoms with Crippen LogP contribution in [0.25, 0.3) is 0 Å². The summed E-state index contributed by atoms with van der Waals surface area (Å²) in [6.45, 7) is 5.16. The molecule has 0 saturated carbocycles. The van der Waals surface area contributed by atoms with Gasteiger partial charge in [-0.05, 0) is 36.0 Å². The number of hydrogen-bond donors (Lipinski definition) is 1. The maximum atomic E-state index is 6.02. The van der Waals surface area contributed by atoms with Crippen LogP contribution in [-0.2, 0) is 17.8 Å². The van der Waals surface area contributed by atoms with E-state index >= 15 is 0 Å². The first-order chi connectivity index (χ1) is 8.33. The van der Waals surface area contributed by atoms with Gasteiger partial charge in [-0.2, -0.15) is 0 Å². The maximum Gasteiger partial charge on any atom is 0.0469 e. The van der Waals surface area contributed by atoms with Gasteiger partial charge in [-0.1, -0.05) is 12.1 Å². The van der Waals surface area contributed by atoms with Gasteiger partial charge in [0, 0.05) is 38.5 Å². The highest BCUT2D eigenvalue weighted by molar-refractivity contribution is 5.52. The van der Waals surface area contributed by atoms with Crippen molar-refractivity contribution >= 4 is 5.69 Å². The standard InChI is InChI=1S/C14H20N2O/c15-14-3-1-2-12-9-16(10-13(12)14)8-11-4-6-17-7-5-11/h1-3,11H,4-10,15H2. The predicted molar refractivity (Wildman–Crippen MR) is 68.5 cm³/mol. The van der Waals surface area contributed by atoms with Crippen LogP contribution in [0, 0.1) is 5.92 Å². The molecule has 2 aliphatic heterocycles. The van der Waals surface area contributed by atoms with E-state index in [9.17, 15) is 0 Å². The highest BCUT2D eigenvalue weighted by Gasteiger charge is 2.24. The molecule has 0 amide bonds. The van der Waals surface area contributed by atoms with E-state index in [0.29, 0.717) is 0 Å². The zero-order chi connectivity index (χ0) is 11.7. The van der Waals surface area contributed by atoms with E-state index in [4.69, 9.17) is 10.5 Å². The third-order valence-electron chi connectivity index (χ3n) is 3.94. The van der Waals surface area contributed by atoms with Crippen LogP contribution >= 0.6 is 0 Å². The van der Waals surface area contributed by atoms with E-state index in [2.05, 4.69) is 17.0 Å². The predicted octanol–water partition coefficient (Wildman–Crippen LogP) is 2.01. The smallest absolute Gasteiger partial charge is 0.0469 e. The van der Waals surface area contributed by atoms with Gasteiger partial charge in [0.1, 0.15) is 0 Å². The van der Waals surface area contributed by atoms with Crippen molar-refractivity contribution < 1.29 is 4.74 Å². The van der Waals surface area contributed by atoms with Gasteiger partial charge >= 0.3 is 0 Å². The Morgan fingerprint density at radius 2 is 2.06 bits per heavy atom. The van der Waals surface area contributed by atoms with E-state index in [1.54, 1.807) is 0 Å². The van der Waals surface area contributed by atoms with Crippen LogP contribution < -0.4 is 5.73 Å². The first kappa shape index (κ1) is 11.1. The number of anilines is 1. The molecule has 0 aliphatic carbocycles. The average molecular weight is 232 g/mol. The summed E-state index contributed by atoms with van der Waals surface area (Å²) < 4.78 is 5.41. The lowest BCUT2D eigenvalue weighted by molar-refractivity contribution is 0.0521. The molecule has 1 aromatic carbocycles. The SMILES string of the molecule is Nc1cccc2c1CN(CC1CCOCC1)C2. The van der Waals surface area contributed by atoms with Gasteiger partial charge in [-0.3, -0.25) is 4.90 Å². The summed E-state index contributed by atoms with van der Waals surface area (Å²) in [5.41, 5.74) is 9.74. The highest BCUT2D eigenvalue weighted by atomic mass is 16.5. The Balaban J connectivity index is 1.63. The normalized spacial score (nSPS) is 21.6. The van der Waals surface area contributed by atoms with Crippen molar-refractivity contribution in [2.75, 3.05) is 25.5 Å². The van der Waals surface area contributed by atoms with Crippen molar-refractivity contribution in [2.24, 2.45) is 5.92 Å². The molecule has 0 atom stereocenters. The second-order valence-corrected chi connectivity index (χ2v) is 5.21. The summed E-state index contributed by atoms with van der Waals surface area (Å²) in [6, 6.07) is 6.28. The number of rotatable bonds is 2. The Bertz CT molecular complexity index is 399. The Labute approximate surface area is 103 Å². The van der Waals surface area contributed by atoms with Gasteiger partial charge in [0.05, 0.1) is 0 Å². The van der Waals surface area contributed by atoms with Crippen LogP contribution in [0.1, 0.15) is 24.0 Å². The third kappa shape index (κ3) is 2.31. The Morgan fingerprint density at radius 3 is 2.82 bits per heavy atom. The number of ether oxygens (including phenoxy) is 1. The number of fused-ring (bicyclic) bond motifs is 1.